The van der Waals surface area contributed by atoms with Gasteiger partial charge >= 0.3 is 0 Å². The van der Waals surface area contributed by atoms with E-state index >= 15 is 0 Å². The van der Waals surface area contributed by atoms with Crippen molar-refractivity contribution in [3.8, 4) is 0 Å². The van der Waals surface area contributed by atoms with Crippen LogP contribution in [0.1, 0.15) is 64.2 Å². The molecule has 18 heavy (non-hydrogen) atoms. The molecule has 1 rings (SSSR count). The summed E-state index contributed by atoms with van der Waals surface area (Å²) in [6, 6.07) is 0. The third-order valence-electron chi connectivity index (χ3n) is 4.04. The molecule has 1 fully saturated rings. The number of unbranched alkanes of at least 4 members (excludes halogenated alkanes) is 2. The summed E-state index contributed by atoms with van der Waals surface area (Å²) in [4.78, 5) is 13.9. The molecule has 0 aromatic carbocycles. The molecule has 0 bridgehead atoms. The van der Waals surface area contributed by atoms with E-state index < -0.39 is 0 Å². The summed E-state index contributed by atoms with van der Waals surface area (Å²) in [7, 11) is 1.96. The largest absolute Gasteiger partial charge is 0.346 e. The number of nitrogens with zero attached hydrogens (tertiary/aromatic N) is 1. The summed E-state index contributed by atoms with van der Waals surface area (Å²) < 4.78 is 0. The number of rotatable bonds is 8. The summed E-state index contributed by atoms with van der Waals surface area (Å²) in [5.41, 5.74) is 0. The fraction of sp³-hybridized carbons (Fsp3) is 0.933. The summed E-state index contributed by atoms with van der Waals surface area (Å²) in [6.07, 6.45) is 12.3. The van der Waals surface area contributed by atoms with E-state index in [1.54, 1.807) is 0 Å². The van der Waals surface area contributed by atoms with Crippen molar-refractivity contribution >= 4 is 21.8 Å². The fourth-order valence-electron chi connectivity index (χ4n) is 2.74. The van der Waals surface area contributed by atoms with E-state index in [0.717, 1.165) is 37.1 Å². The van der Waals surface area contributed by atoms with Crippen LogP contribution in [0.25, 0.3) is 0 Å². The van der Waals surface area contributed by atoms with Crippen molar-refractivity contribution in [3.05, 3.63) is 0 Å². The first-order valence-electron chi connectivity index (χ1n) is 7.54. The molecular weight excluding hydrogens is 290 g/mol. The van der Waals surface area contributed by atoms with E-state index in [4.69, 9.17) is 0 Å². The topological polar surface area (TPSA) is 20.3 Å². The second kappa shape index (κ2) is 9.82. The summed E-state index contributed by atoms with van der Waals surface area (Å²) in [6.45, 7) is 0.927. The lowest BCUT2D eigenvalue weighted by atomic mass is 9.86. The molecule has 1 amide bonds. The molecule has 0 radical (unpaired) electrons. The number of amides is 1. The van der Waals surface area contributed by atoms with Crippen LogP contribution in [0.15, 0.2) is 0 Å². The van der Waals surface area contributed by atoms with Gasteiger partial charge in [0.1, 0.15) is 0 Å². The van der Waals surface area contributed by atoms with Crippen molar-refractivity contribution in [2.45, 2.75) is 64.2 Å². The lowest BCUT2D eigenvalue weighted by Crippen LogP contribution is -2.28. The molecule has 0 spiro atoms. The second-order valence-corrected chi connectivity index (χ2v) is 6.40. The molecule has 0 aromatic rings. The monoisotopic (exact) mass is 317 g/mol. The normalized spacial score (nSPS) is 16.8. The third-order valence-corrected chi connectivity index (χ3v) is 4.60. The molecular formula is C15H28BrNO. The van der Waals surface area contributed by atoms with Crippen LogP contribution in [0.4, 0.5) is 0 Å². The first-order valence-corrected chi connectivity index (χ1v) is 8.66. The lowest BCUT2D eigenvalue weighted by molar-refractivity contribution is -0.130. The van der Waals surface area contributed by atoms with Crippen molar-refractivity contribution in [1.82, 2.24) is 4.90 Å². The van der Waals surface area contributed by atoms with Gasteiger partial charge in [0, 0.05) is 25.3 Å². The first-order chi connectivity index (χ1) is 8.74. The molecule has 0 unspecified atom stereocenters. The van der Waals surface area contributed by atoms with Gasteiger partial charge in [-0.15, -0.1) is 0 Å². The number of carbonyl (C=O) groups is 1. The number of hydrogen-bond acceptors (Lipinski definition) is 1. The van der Waals surface area contributed by atoms with Crippen LogP contribution in [0.5, 0.6) is 0 Å². The van der Waals surface area contributed by atoms with Crippen LogP contribution in [0.3, 0.4) is 0 Å². The smallest absolute Gasteiger partial charge is 0.222 e. The molecule has 1 aliphatic carbocycles. The van der Waals surface area contributed by atoms with E-state index in [2.05, 4.69) is 15.9 Å². The van der Waals surface area contributed by atoms with Gasteiger partial charge < -0.3 is 4.90 Å². The van der Waals surface area contributed by atoms with Gasteiger partial charge in [-0.3, -0.25) is 4.79 Å². The maximum absolute atomic E-state index is 12.0. The van der Waals surface area contributed by atoms with Crippen molar-refractivity contribution < 1.29 is 4.79 Å². The Morgan fingerprint density at radius 3 is 2.56 bits per heavy atom. The molecule has 0 aliphatic heterocycles. The van der Waals surface area contributed by atoms with Gasteiger partial charge in [-0.25, -0.2) is 0 Å². The van der Waals surface area contributed by atoms with Gasteiger partial charge in [0.25, 0.3) is 0 Å². The summed E-state index contributed by atoms with van der Waals surface area (Å²) in [5.74, 6) is 1.17. The zero-order valence-electron chi connectivity index (χ0n) is 11.8. The first kappa shape index (κ1) is 16.0. The molecule has 1 saturated carbocycles. The van der Waals surface area contributed by atoms with Crippen molar-refractivity contribution in [2.24, 2.45) is 5.92 Å². The number of alkyl halides is 1. The Balaban J connectivity index is 2.07. The SMILES string of the molecule is CN(CCCCCBr)C(=O)CCC1CCCCC1. The van der Waals surface area contributed by atoms with Crippen molar-refractivity contribution in [3.63, 3.8) is 0 Å². The molecule has 0 atom stereocenters. The molecule has 0 aromatic heterocycles. The highest BCUT2D eigenvalue weighted by Crippen LogP contribution is 2.27. The minimum atomic E-state index is 0.347. The number of hydrogen-bond donors (Lipinski definition) is 0. The highest BCUT2D eigenvalue weighted by molar-refractivity contribution is 9.09. The van der Waals surface area contributed by atoms with Gasteiger partial charge in [0.2, 0.25) is 5.91 Å². The summed E-state index contributed by atoms with van der Waals surface area (Å²) >= 11 is 3.43. The second-order valence-electron chi connectivity index (χ2n) is 5.61. The van der Waals surface area contributed by atoms with Gasteiger partial charge in [-0.1, -0.05) is 54.5 Å². The average Bonchev–Trinajstić information content (AvgIpc) is 2.42. The van der Waals surface area contributed by atoms with Crippen LogP contribution in [0, 0.1) is 5.92 Å². The molecule has 0 heterocycles. The Morgan fingerprint density at radius 1 is 1.17 bits per heavy atom. The fourth-order valence-corrected chi connectivity index (χ4v) is 3.14. The van der Waals surface area contributed by atoms with E-state index in [1.165, 1.54) is 44.9 Å². The minimum Gasteiger partial charge on any atom is -0.346 e. The highest BCUT2D eigenvalue weighted by Gasteiger charge is 2.16. The van der Waals surface area contributed by atoms with E-state index in [9.17, 15) is 4.79 Å². The lowest BCUT2D eigenvalue weighted by Gasteiger charge is -2.23. The van der Waals surface area contributed by atoms with Crippen LogP contribution in [-0.4, -0.2) is 29.7 Å². The number of carbonyl (C=O) groups excluding carboxylic acids is 1. The van der Waals surface area contributed by atoms with Gasteiger partial charge in [-0.05, 0) is 25.2 Å². The predicted molar refractivity (Wildman–Crippen MR) is 81.1 cm³/mol. The van der Waals surface area contributed by atoms with Crippen LogP contribution in [-0.2, 0) is 4.79 Å². The standard InChI is InChI=1S/C15H28BrNO/c1-17(13-7-3-6-12-16)15(18)11-10-14-8-4-2-5-9-14/h14H,2-13H2,1H3. The quantitative estimate of drug-likeness (QED) is 0.481. The molecule has 3 heteroatoms. The Kier molecular flexibility index (Phi) is 8.74. The Hall–Kier alpha value is -0.0500. The zero-order valence-corrected chi connectivity index (χ0v) is 13.4. The van der Waals surface area contributed by atoms with E-state index in [-0.39, 0.29) is 0 Å². The molecule has 2 nitrogen and oxygen atoms in total. The Labute approximate surface area is 121 Å². The van der Waals surface area contributed by atoms with Gasteiger partial charge in [0.05, 0.1) is 0 Å². The number of halogens is 1. The zero-order chi connectivity index (χ0) is 13.2. The van der Waals surface area contributed by atoms with Gasteiger partial charge in [-0.2, -0.15) is 0 Å². The molecule has 1 aliphatic rings. The molecule has 0 N–H and O–H groups in total. The molecule has 106 valence electrons. The maximum Gasteiger partial charge on any atom is 0.222 e. The van der Waals surface area contributed by atoms with Crippen molar-refractivity contribution in [2.75, 3.05) is 18.9 Å². The maximum atomic E-state index is 12.0. The van der Waals surface area contributed by atoms with E-state index in [1.807, 2.05) is 11.9 Å². The van der Waals surface area contributed by atoms with Crippen molar-refractivity contribution in [1.29, 1.82) is 0 Å². The van der Waals surface area contributed by atoms with Crippen LogP contribution < -0.4 is 0 Å². The Morgan fingerprint density at radius 2 is 1.89 bits per heavy atom. The minimum absolute atomic E-state index is 0.347. The molecule has 0 saturated heterocycles. The average molecular weight is 318 g/mol. The van der Waals surface area contributed by atoms with Crippen LogP contribution >= 0.6 is 15.9 Å². The Bertz CT molecular complexity index is 227. The summed E-state index contributed by atoms with van der Waals surface area (Å²) in [5, 5.41) is 1.08. The van der Waals surface area contributed by atoms with Crippen LogP contribution in [0.2, 0.25) is 0 Å². The van der Waals surface area contributed by atoms with Gasteiger partial charge in [0.15, 0.2) is 0 Å². The van der Waals surface area contributed by atoms with E-state index in [0.29, 0.717) is 5.91 Å². The highest BCUT2D eigenvalue weighted by atomic mass is 79.9. The third kappa shape index (κ3) is 6.77. The predicted octanol–water partition coefficient (Wildman–Crippen LogP) is 4.37.